The van der Waals surface area contributed by atoms with Crippen LogP contribution in [0, 0.1) is 5.92 Å². The maximum absolute atomic E-state index is 13.3. The summed E-state index contributed by atoms with van der Waals surface area (Å²) in [5.74, 6) is -0.00144. The van der Waals surface area contributed by atoms with Crippen LogP contribution < -0.4 is 15.5 Å². The fraction of sp³-hybridized carbons (Fsp3) is 0.375. The van der Waals surface area contributed by atoms with Gasteiger partial charge < -0.3 is 15.5 Å². The van der Waals surface area contributed by atoms with Gasteiger partial charge in [0.25, 0.3) is 0 Å². The van der Waals surface area contributed by atoms with Crippen molar-refractivity contribution in [3.63, 3.8) is 0 Å². The molecule has 7 heteroatoms. The molecule has 4 amide bonds. The molecule has 2 aliphatic rings. The largest absolute Gasteiger partial charge is 0.336 e. The van der Waals surface area contributed by atoms with Crippen molar-refractivity contribution < 1.29 is 14.4 Å². The summed E-state index contributed by atoms with van der Waals surface area (Å²) in [5.41, 5.74) is 3.52. The molecule has 0 bridgehead atoms. The first-order valence-corrected chi connectivity index (χ1v) is 10.7. The van der Waals surface area contributed by atoms with Gasteiger partial charge in [0.05, 0.1) is 0 Å². The Kier molecular flexibility index (Phi) is 5.93. The second-order valence-electron chi connectivity index (χ2n) is 8.53. The standard InChI is InChI=1S/C24H28N4O3/c1-16(2)12-22(29)28-15-18-7-4-3-6-17(18)13-21(28)23(30)26-19-8-5-9-20(14-19)27-11-10-25-24(27)31/h3-9,14,16,21H,10-13,15H2,1-2H3,(H,25,31)(H,26,30). The normalized spacial score (nSPS) is 18.0. The minimum Gasteiger partial charge on any atom is -0.336 e. The van der Waals surface area contributed by atoms with E-state index < -0.39 is 6.04 Å². The molecule has 1 unspecified atom stereocenters. The number of benzene rings is 2. The molecule has 162 valence electrons. The van der Waals surface area contributed by atoms with E-state index in [-0.39, 0.29) is 23.8 Å². The average Bonchev–Trinajstić information content (AvgIpc) is 3.18. The first-order valence-electron chi connectivity index (χ1n) is 10.7. The summed E-state index contributed by atoms with van der Waals surface area (Å²) >= 11 is 0. The predicted molar refractivity (Wildman–Crippen MR) is 120 cm³/mol. The molecule has 0 radical (unpaired) electrons. The number of hydrogen-bond donors (Lipinski definition) is 2. The molecule has 1 atom stereocenters. The number of fused-ring (bicyclic) bond motifs is 1. The summed E-state index contributed by atoms with van der Waals surface area (Å²) < 4.78 is 0. The lowest BCUT2D eigenvalue weighted by molar-refractivity contribution is -0.140. The van der Waals surface area contributed by atoms with Gasteiger partial charge in [-0.15, -0.1) is 0 Å². The fourth-order valence-corrected chi connectivity index (χ4v) is 4.18. The minimum absolute atomic E-state index is 0.00728. The number of hydrogen-bond acceptors (Lipinski definition) is 3. The maximum Gasteiger partial charge on any atom is 0.321 e. The highest BCUT2D eigenvalue weighted by molar-refractivity contribution is 5.99. The smallest absolute Gasteiger partial charge is 0.321 e. The minimum atomic E-state index is -0.570. The molecule has 0 saturated carbocycles. The molecular formula is C24H28N4O3. The number of anilines is 2. The summed E-state index contributed by atoms with van der Waals surface area (Å²) in [6.45, 7) is 5.64. The van der Waals surface area contributed by atoms with Crippen molar-refractivity contribution in [2.45, 2.75) is 39.3 Å². The molecule has 7 nitrogen and oxygen atoms in total. The molecule has 0 aromatic heterocycles. The van der Waals surface area contributed by atoms with Crippen molar-refractivity contribution >= 4 is 29.2 Å². The van der Waals surface area contributed by atoms with E-state index in [0.717, 1.165) is 16.8 Å². The van der Waals surface area contributed by atoms with Crippen molar-refractivity contribution in [3.8, 4) is 0 Å². The van der Waals surface area contributed by atoms with Gasteiger partial charge in [-0.05, 0) is 35.2 Å². The van der Waals surface area contributed by atoms with Crippen LogP contribution in [-0.2, 0) is 22.6 Å². The molecular weight excluding hydrogens is 392 g/mol. The van der Waals surface area contributed by atoms with Crippen molar-refractivity contribution in [3.05, 3.63) is 59.7 Å². The van der Waals surface area contributed by atoms with E-state index in [1.807, 2.05) is 50.2 Å². The molecule has 2 aromatic carbocycles. The van der Waals surface area contributed by atoms with E-state index in [1.54, 1.807) is 21.9 Å². The zero-order chi connectivity index (χ0) is 22.0. The van der Waals surface area contributed by atoms with Crippen LogP contribution in [0.2, 0.25) is 0 Å². The van der Waals surface area contributed by atoms with Gasteiger partial charge >= 0.3 is 6.03 Å². The number of carbonyl (C=O) groups is 3. The second kappa shape index (κ2) is 8.79. The van der Waals surface area contributed by atoms with E-state index in [0.29, 0.717) is 38.2 Å². The summed E-state index contributed by atoms with van der Waals surface area (Å²) in [4.78, 5) is 41.5. The van der Waals surface area contributed by atoms with Crippen LogP contribution in [0.15, 0.2) is 48.5 Å². The highest BCUT2D eigenvalue weighted by Gasteiger charge is 2.34. The molecule has 31 heavy (non-hydrogen) atoms. The van der Waals surface area contributed by atoms with Crippen LogP contribution in [-0.4, -0.2) is 41.9 Å². The number of urea groups is 1. The van der Waals surface area contributed by atoms with Gasteiger partial charge in [0, 0.05) is 43.9 Å². The average molecular weight is 421 g/mol. The van der Waals surface area contributed by atoms with E-state index >= 15 is 0 Å². The van der Waals surface area contributed by atoms with E-state index in [2.05, 4.69) is 10.6 Å². The molecule has 0 spiro atoms. The van der Waals surface area contributed by atoms with Crippen molar-refractivity contribution in [1.82, 2.24) is 10.2 Å². The quantitative estimate of drug-likeness (QED) is 0.780. The van der Waals surface area contributed by atoms with Gasteiger partial charge in [0.15, 0.2) is 0 Å². The first kappa shape index (κ1) is 20.9. The summed E-state index contributed by atoms with van der Waals surface area (Å²) in [6.07, 6.45) is 0.894. The topological polar surface area (TPSA) is 81.8 Å². The molecule has 4 rings (SSSR count). The van der Waals surface area contributed by atoms with Gasteiger partial charge in [-0.2, -0.15) is 0 Å². The van der Waals surface area contributed by atoms with Crippen LogP contribution >= 0.6 is 0 Å². The highest BCUT2D eigenvalue weighted by Crippen LogP contribution is 2.27. The van der Waals surface area contributed by atoms with Gasteiger partial charge in [0.2, 0.25) is 11.8 Å². The number of rotatable bonds is 5. The first-order chi connectivity index (χ1) is 14.9. The number of nitrogens with one attached hydrogen (secondary N) is 2. The van der Waals surface area contributed by atoms with E-state index in [9.17, 15) is 14.4 Å². The van der Waals surface area contributed by atoms with E-state index in [1.165, 1.54) is 0 Å². The third-order valence-electron chi connectivity index (χ3n) is 5.74. The monoisotopic (exact) mass is 420 g/mol. The third kappa shape index (κ3) is 4.55. The highest BCUT2D eigenvalue weighted by atomic mass is 16.2. The molecule has 2 N–H and O–H groups in total. The number of nitrogens with zero attached hydrogens (tertiary/aromatic N) is 2. The Morgan fingerprint density at radius 1 is 1.13 bits per heavy atom. The van der Waals surface area contributed by atoms with Crippen LogP contribution in [0.5, 0.6) is 0 Å². The summed E-state index contributed by atoms with van der Waals surface area (Å²) in [7, 11) is 0. The Balaban J connectivity index is 1.55. The number of carbonyl (C=O) groups excluding carboxylic acids is 3. The van der Waals surface area contributed by atoms with Crippen molar-refractivity contribution in [2.75, 3.05) is 23.3 Å². The fourth-order valence-electron chi connectivity index (χ4n) is 4.18. The molecule has 1 saturated heterocycles. The third-order valence-corrected chi connectivity index (χ3v) is 5.74. The molecule has 2 aliphatic heterocycles. The SMILES string of the molecule is CC(C)CC(=O)N1Cc2ccccc2CC1C(=O)Nc1cccc(N2CCNC2=O)c1. The van der Waals surface area contributed by atoms with Crippen molar-refractivity contribution in [2.24, 2.45) is 5.92 Å². The maximum atomic E-state index is 13.3. The summed E-state index contributed by atoms with van der Waals surface area (Å²) in [5, 5.41) is 5.75. The van der Waals surface area contributed by atoms with Gasteiger partial charge in [-0.25, -0.2) is 4.79 Å². The van der Waals surface area contributed by atoms with Gasteiger partial charge in [0.1, 0.15) is 6.04 Å². The van der Waals surface area contributed by atoms with Gasteiger partial charge in [-0.1, -0.05) is 44.2 Å². The zero-order valence-electron chi connectivity index (χ0n) is 17.9. The Hall–Kier alpha value is -3.35. The Labute approximate surface area is 182 Å². The van der Waals surface area contributed by atoms with Crippen LogP contribution in [0.1, 0.15) is 31.4 Å². The molecule has 2 aromatic rings. The predicted octanol–water partition coefficient (Wildman–Crippen LogP) is 3.15. The lowest BCUT2D eigenvalue weighted by Crippen LogP contribution is -2.50. The molecule has 0 aliphatic carbocycles. The molecule has 2 heterocycles. The van der Waals surface area contributed by atoms with Crippen LogP contribution in [0.3, 0.4) is 0 Å². The Morgan fingerprint density at radius 2 is 1.90 bits per heavy atom. The lowest BCUT2D eigenvalue weighted by atomic mass is 9.92. The Morgan fingerprint density at radius 3 is 2.61 bits per heavy atom. The van der Waals surface area contributed by atoms with Gasteiger partial charge in [-0.3, -0.25) is 14.5 Å². The van der Waals surface area contributed by atoms with Crippen LogP contribution in [0.4, 0.5) is 16.2 Å². The van der Waals surface area contributed by atoms with Crippen LogP contribution in [0.25, 0.3) is 0 Å². The summed E-state index contributed by atoms with van der Waals surface area (Å²) in [6, 6.07) is 14.5. The van der Waals surface area contributed by atoms with E-state index in [4.69, 9.17) is 0 Å². The van der Waals surface area contributed by atoms with Crippen molar-refractivity contribution in [1.29, 1.82) is 0 Å². The number of amides is 4. The second-order valence-corrected chi connectivity index (χ2v) is 8.53. The Bertz CT molecular complexity index is 1000. The lowest BCUT2D eigenvalue weighted by Gasteiger charge is -2.36. The molecule has 1 fully saturated rings. The zero-order valence-corrected chi connectivity index (χ0v) is 17.9.